The van der Waals surface area contributed by atoms with Gasteiger partial charge < -0.3 is 15.3 Å². The van der Waals surface area contributed by atoms with E-state index in [9.17, 15) is 23.6 Å². The predicted octanol–water partition coefficient (Wildman–Crippen LogP) is 0.161. The maximum atomic E-state index is 11.7. The zero-order valence-corrected chi connectivity index (χ0v) is 12.2. The molecule has 2 aliphatic heterocycles. The molecule has 8 nitrogen and oxygen atoms in total. The first-order valence-electron chi connectivity index (χ1n) is 6.06. The van der Waals surface area contributed by atoms with Gasteiger partial charge in [0.25, 0.3) is 5.69 Å². The Morgan fingerprint density at radius 1 is 1.43 bits per heavy atom. The predicted molar refractivity (Wildman–Crippen MR) is 79.2 cm³/mol. The molecule has 0 aliphatic carbocycles. The van der Waals surface area contributed by atoms with Crippen molar-refractivity contribution in [2.75, 3.05) is 16.4 Å². The molecule has 0 saturated carbocycles. The number of hydrogen-bond acceptors (Lipinski definition) is 6. The lowest BCUT2D eigenvalue weighted by Crippen LogP contribution is -2.36. The molecule has 10 heteroatoms. The van der Waals surface area contributed by atoms with Crippen LogP contribution in [-0.4, -0.2) is 47.1 Å². The number of fused-ring (bicyclic) bond motifs is 1. The van der Waals surface area contributed by atoms with Crippen molar-refractivity contribution in [3.05, 3.63) is 28.3 Å². The van der Waals surface area contributed by atoms with Gasteiger partial charge in [0.05, 0.1) is 34.2 Å². The number of hydrogen-bond donors (Lipinski definition) is 2. The number of nitro benzene ring substituents is 1. The second kappa shape index (κ2) is 4.53. The highest BCUT2D eigenvalue weighted by Crippen LogP contribution is 2.37. The van der Waals surface area contributed by atoms with Gasteiger partial charge in [0.2, 0.25) is 0 Å². The van der Waals surface area contributed by atoms with Crippen LogP contribution in [0.3, 0.4) is 0 Å². The minimum absolute atomic E-state index is 0.0377. The number of nitro groups is 1. The Bertz CT molecular complexity index is 748. The van der Waals surface area contributed by atoms with E-state index < -0.39 is 20.8 Å². The number of thiocarbonyl (C=S) groups is 1. The Balaban J connectivity index is 2.05. The summed E-state index contributed by atoms with van der Waals surface area (Å²) in [5.74, 6) is -0.327. The van der Waals surface area contributed by atoms with Crippen LogP contribution in [0.4, 0.5) is 11.4 Å². The van der Waals surface area contributed by atoms with E-state index in [-0.39, 0.29) is 39.8 Å². The molecule has 2 N–H and O–H groups in total. The standard InChI is InChI=1S/C11H11N3O5S2/c15-10-2-1-6(14(16)17)3-8(10)13-9-5-21(18,19)4-7(9)12-11(13)20/h1-3,7,9,15H,4-5H2,(H,12,20). The second-order valence-electron chi connectivity index (χ2n) is 5.00. The van der Waals surface area contributed by atoms with Gasteiger partial charge in [0.15, 0.2) is 14.9 Å². The zero-order chi connectivity index (χ0) is 15.4. The molecule has 2 fully saturated rings. The lowest BCUT2D eigenvalue weighted by atomic mass is 10.1. The Morgan fingerprint density at radius 3 is 2.81 bits per heavy atom. The summed E-state index contributed by atoms with van der Waals surface area (Å²) in [5.41, 5.74) is -0.0544. The van der Waals surface area contributed by atoms with Gasteiger partial charge in [0, 0.05) is 12.1 Å². The highest BCUT2D eigenvalue weighted by Gasteiger charge is 2.48. The summed E-state index contributed by atoms with van der Waals surface area (Å²) in [7, 11) is -3.19. The van der Waals surface area contributed by atoms with Gasteiger partial charge >= 0.3 is 0 Å². The molecular formula is C11H11N3O5S2. The summed E-state index contributed by atoms with van der Waals surface area (Å²) in [6, 6.07) is 2.74. The van der Waals surface area contributed by atoms with E-state index >= 15 is 0 Å². The average Bonchev–Trinajstić information content (AvgIpc) is 2.80. The SMILES string of the molecule is O=[N+]([O-])c1ccc(O)c(N2C(=S)NC3CS(=O)(=O)CC32)c1. The molecule has 0 amide bonds. The van der Waals surface area contributed by atoms with Crippen LogP contribution in [0.5, 0.6) is 5.75 Å². The molecule has 0 radical (unpaired) electrons. The number of sulfone groups is 1. The number of rotatable bonds is 2. The number of benzene rings is 1. The number of anilines is 1. The molecule has 112 valence electrons. The fourth-order valence-electron chi connectivity index (χ4n) is 2.71. The fraction of sp³-hybridized carbons (Fsp3) is 0.364. The topological polar surface area (TPSA) is 113 Å². The van der Waals surface area contributed by atoms with Crippen LogP contribution < -0.4 is 10.2 Å². The third-order valence-corrected chi connectivity index (χ3v) is 5.64. The fourth-order valence-corrected chi connectivity index (χ4v) is 4.98. The molecule has 0 bridgehead atoms. The average molecular weight is 329 g/mol. The third-order valence-electron chi connectivity index (χ3n) is 3.61. The van der Waals surface area contributed by atoms with Crippen molar-refractivity contribution >= 4 is 38.5 Å². The first-order chi connectivity index (χ1) is 9.78. The van der Waals surface area contributed by atoms with E-state index in [0.717, 1.165) is 0 Å². The second-order valence-corrected chi connectivity index (χ2v) is 7.54. The van der Waals surface area contributed by atoms with E-state index in [2.05, 4.69) is 5.32 Å². The molecule has 2 saturated heterocycles. The Morgan fingerprint density at radius 2 is 2.14 bits per heavy atom. The minimum atomic E-state index is -3.19. The van der Waals surface area contributed by atoms with E-state index in [4.69, 9.17) is 12.2 Å². The first kappa shape index (κ1) is 14.0. The van der Waals surface area contributed by atoms with Crippen LogP contribution >= 0.6 is 12.2 Å². The minimum Gasteiger partial charge on any atom is -0.506 e. The maximum absolute atomic E-state index is 11.7. The number of phenolic OH excluding ortho intramolecular Hbond substituents is 1. The van der Waals surface area contributed by atoms with Crippen molar-refractivity contribution in [1.29, 1.82) is 0 Å². The smallest absolute Gasteiger partial charge is 0.271 e. The number of nitrogens with zero attached hydrogens (tertiary/aromatic N) is 2. The van der Waals surface area contributed by atoms with Crippen molar-refractivity contribution in [3.63, 3.8) is 0 Å². The molecule has 21 heavy (non-hydrogen) atoms. The molecule has 2 aliphatic rings. The largest absolute Gasteiger partial charge is 0.506 e. The lowest BCUT2D eigenvalue weighted by Gasteiger charge is -2.23. The molecule has 3 rings (SSSR count). The summed E-state index contributed by atoms with van der Waals surface area (Å²) in [6.07, 6.45) is 0. The van der Waals surface area contributed by atoms with Crippen molar-refractivity contribution in [2.24, 2.45) is 0 Å². The number of non-ortho nitro benzene ring substituents is 1. The van der Waals surface area contributed by atoms with E-state index in [1.165, 1.54) is 23.1 Å². The summed E-state index contributed by atoms with van der Waals surface area (Å²) in [5, 5.41) is 23.9. The van der Waals surface area contributed by atoms with Crippen LogP contribution in [0.1, 0.15) is 0 Å². The number of nitrogens with one attached hydrogen (secondary N) is 1. The van der Waals surface area contributed by atoms with Gasteiger partial charge in [-0.05, 0) is 18.3 Å². The highest BCUT2D eigenvalue weighted by molar-refractivity contribution is 7.91. The van der Waals surface area contributed by atoms with E-state index in [1.807, 2.05) is 0 Å². The summed E-state index contributed by atoms with van der Waals surface area (Å²) in [4.78, 5) is 11.7. The Labute approximate surface area is 125 Å². The molecule has 2 heterocycles. The molecular weight excluding hydrogens is 318 g/mol. The van der Waals surface area contributed by atoms with Crippen LogP contribution in [-0.2, 0) is 9.84 Å². The van der Waals surface area contributed by atoms with Gasteiger partial charge in [-0.3, -0.25) is 10.1 Å². The van der Waals surface area contributed by atoms with Gasteiger partial charge in [-0.1, -0.05) is 0 Å². The summed E-state index contributed by atoms with van der Waals surface area (Å²) in [6.45, 7) is 0. The van der Waals surface area contributed by atoms with Gasteiger partial charge in [0.1, 0.15) is 5.75 Å². The Hall–Kier alpha value is -1.94. The van der Waals surface area contributed by atoms with Gasteiger partial charge in [-0.25, -0.2) is 8.42 Å². The quantitative estimate of drug-likeness (QED) is 0.448. The normalized spacial score (nSPS) is 26.5. The van der Waals surface area contributed by atoms with E-state index in [0.29, 0.717) is 0 Å². The molecule has 1 aromatic carbocycles. The summed E-state index contributed by atoms with van der Waals surface area (Å²) < 4.78 is 23.4. The van der Waals surface area contributed by atoms with Crippen LogP contribution in [0, 0.1) is 10.1 Å². The van der Waals surface area contributed by atoms with E-state index in [1.54, 1.807) is 0 Å². The highest BCUT2D eigenvalue weighted by atomic mass is 32.2. The lowest BCUT2D eigenvalue weighted by molar-refractivity contribution is -0.384. The van der Waals surface area contributed by atoms with Crippen LogP contribution in [0.25, 0.3) is 0 Å². The number of phenols is 1. The Kier molecular flexibility index (Phi) is 3.02. The molecule has 2 atom stereocenters. The zero-order valence-electron chi connectivity index (χ0n) is 10.6. The molecule has 1 aromatic rings. The third kappa shape index (κ3) is 2.29. The maximum Gasteiger partial charge on any atom is 0.271 e. The van der Waals surface area contributed by atoms with Crippen molar-refractivity contribution in [2.45, 2.75) is 12.1 Å². The molecule has 0 spiro atoms. The monoisotopic (exact) mass is 329 g/mol. The number of aromatic hydroxyl groups is 1. The molecule has 2 unspecified atom stereocenters. The van der Waals surface area contributed by atoms with Crippen molar-refractivity contribution in [3.8, 4) is 5.75 Å². The first-order valence-corrected chi connectivity index (χ1v) is 8.29. The van der Waals surface area contributed by atoms with Crippen molar-refractivity contribution in [1.82, 2.24) is 5.32 Å². The van der Waals surface area contributed by atoms with Gasteiger partial charge in [-0.15, -0.1) is 0 Å². The van der Waals surface area contributed by atoms with Crippen LogP contribution in [0.15, 0.2) is 18.2 Å². The van der Waals surface area contributed by atoms with Gasteiger partial charge in [-0.2, -0.15) is 0 Å². The van der Waals surface area contributed by atoms with Crippen molar-refractivity contribution < 1.29 is 18.4 Å². The van der Waals surface area contributed by atoms with Crippen LogP contribution in [0.2, 0.25) is 0 Å². The summed E-state index contributed by atoms with van der Waals surface area (Å²) >= 11 is 5.16. The molecule has 0 aromatic heterocycles.